The van der Waals surface area contributed by atoms with E-state index in [4.69, 9.17) is 6.42 Å². The van der Waals surface area contributed by atoms with Crippen LogP contribution in [0.3, 0.4) is 0 Å². The van der Waals surface area contributed by atoms with Crippen LogP contribution in [0.2, 0.25) is 0 Å². The predicted octanol–water partition coefficient (Wildman–Crippen LogP) is 4.93. The zero-order chi connectivity index (χ0) is 23.0. The second-order valence-electron chi connectivity index (χ2n) is 8.71. The van der Waals surface area contributed by atoms with Crippen molar-refractivity contribution < 1.29 is 23.1 Å². The third kappa shape index (κ3) is 5.24. The van der Waals surface area contributed by atoms with Gasteiger partial charge in [-0.15, -0.1) is 12.3 Å². The minimum atomic E-state index is -1.17. The number of aliphatic hydroxyl groups is 1. The van der Waals surface area contributed by atoms with Crippen LogP contribution in [0, 0.1) is 38.8 Å². The normalized spacial score (nSPS) is 15.4. The molecule has 2 aromatic carbocycles. The van der Waals surface area contributed by atoms with Gasteiger partial charge in [0.1, 0.15) is 5.82 Å². The summed E-state index contributed by atoms with van der Waals surface area (Å²) in [7, 11) is 0. The van der Waals surface area contributed by atoms with Crippen LogP contribution in [0.4, 0.5) is 13.2 Å². The molecule has 1 heterocycles. The number of β-amino-alcohol motifs (C(OH)–C–C–N with tert-alkyl or cyclic N) is 1. The third-order valence-electron chi connectivity index (χ3n) is 5.67. The van der Waals surface area contributed by atoms with Crippen LogP contribution in [0.15, 0.2) is 30.3 Å². The van der Waals surface area contributed by atoms with Gasteiger partial charge in [0.15, 0.2) is 11.6 Å². The van der Waals surface area contributed by atoms with Crippen molar-refractivity contribution in [3.63, 3.8) is 0 Å². The first-order chi connectivity index (χ1) is 14.4. The quantitative estimate of drug-likeness (QED) is 0.417. The van der Waals surface area contributed by atoms with Gasteiger partial charge in [-0.25, -0.2) is 13.2 Å². The molecule has 1 aliphatic heterocycles. The van der Waals surface area contributed by atoms with Gasteiger partial charge in [-0.2, -0.15) is 0 Å². The fourth-order valence-electron chi connectivity index (χ4n) is 3.57. The summed E-state index contributed by atoms with van der Waals surface area (Å²) in [4.78, 5) is 14.4. The molecule has 1 aliphatic rings. The van der Waals surface area contributed by atoms with Gasteiger partial charge in [0.25, 0.3) is 5.91 Å². The number of benzene rings is 2. The topological polar surface area (TPSA) is 40.5 Å². The number of nitrogens with zero attached hydrogens (tertiary/aromatic N) is 1. The molecule has 164 valence electrons. The smallest absolute Gasteiger partial charge is 0.254 e. The van der Waals surface area contributed by atoms with Crippen LogP contribution in [0.25, 0.3) is 0 Å². The SMILES string of the molecule is C#CC(C)(C)CCC1(O)CN(C(=O)c2ccc(F)c(F)c2Cc2ccc(I)cc2F)C1. The highest BCUT2D eigenvalue weighted by Gasteiger charge is 2.44. The molecule has 1 amide bonds. The maximum absolute atomic E-state index is 14.6. The molecule has 0 spiro atoms. The molecule has 7 heteroatoms. The van der Waals surface area contributed by atoms with E-state index >= 15 is 0 Å². The van der Waals surface area contributed by atoms with Crippen molar-refractivity contribution in [1.29, 1.82) is 0 Å². The lowest BCUT2D eigenvalue weighted by Gasteiger charge is -2.47. The number of amides is 1. The van der Waals surface area contributed by atoms with E-state index in [9.17, 15) is 23.1 Å². The molecule has 0 atom stereocenters. The summed E-state index contributed by atoms with van der Waals surface area (Å²) in [5, 5.41) is 10.7. The van der Waals surface area contributed by atoms with Crippen LogP contribution in [-0.4, -0.2) is 34.6 Å². The highest BCUT2D eigenvalue weighted by Crippen LogP contribution is 2.33. The molecule has 3 nitrogen and oxygen atoms in total. The Bertz CT molecular complexity index is 1060. The first-order valence-electron chi connectivity index (χ1n) is 9.85. The Morgan fingerprint density at radius 1 is 1.23 bits per heavy atom. The Morgan fingerprint density at radius 2 is 1.90 bits per heavy atom. The van der Waals surface area contributed by atoms with Crippen molar-refractivity contribution in [2.75, 3.05) is 13.1 Å². The molecule has 0 unspecified atom stereocenters. The summed E-state index contributed by atoms with van der Waals surface area (Å²) in [6, 6.07) is 6.54. The van der Waals surface area contributed by atoms with Crippen LogP contribution >= 0.6 is 22.6 Å². The molecular formula is C24H23F3INO2. The number of terminal acetylenes is 1. The molecule has 0 radical (unpaired) electrons. The van der Waals surface area contributed by atoms with Gasteiger partial charge in [-0.05, 0) is 79.1 Å². The van der Waals surface area contributed by atoms with Gasteiger partial charge in [0.05, 0.1) is 18.7 Å². The summed E-state index contributed by atoms with van der Waals surface area (Å²) < 4.78 is 43.5. The third-order valence-corrected chi connectivity index (χ3v) is 6.34. The summed E-state index contributed by atoms with van der Waals surface area (Å²) in [5.41, 5.74) is -1.51. The van der Waals surface area contributed by atoms with Gasteiger partial charge < -0.3 is 10.0 Å². The van der Waals surface area contributed by atoms with Crippen molar-refractivity contribution in [3.8, 4) is 12.3 Å². The van der Waals surface area contributed by atoms with E-state index in [1.165, 1.54) is 23.1 Å². The van der Waals surface area contributed by atoms with Crippen LogP contribution < -0.4 is 0 Å². The minimum absolute atomic E-state index is 0.0390. The zero-order valence-electron chi connectivity index (χ0n) is 17.3. The zero-order valence-corrected chi connectivity index (χ0v) is 19.5. The van der Waals surface area contributed by atoms with Crippen molar-refractivity contribution >= 4 is 28.5 Å². The molecule has 0 saturated carbocycles. The Kier molecular flexibility index (Phi) is 6.72. The number of rotatable bonds is 6. The lowest BCUT2D eigenvalue weighted by Crippen LogP contribution is -2.63. The van der Waals surface area contributed by atoms with E-state index in [0.717, 1.165) is 6.07 Å². The summed E-state index contributed by atoms with van der Waals surface area (Å²) in [5.74, 6) is -0.681. The number of hydrogen-bond acceptors (Lipinski definition) is 2. The molecule has 1 fully saturated rings. The Balaban J connectivity index is 1.80. The van der Waals surface area contributed by atoms with Gasteiger partial charge in [0.2, 0.25) is 0 Å². The van der Waals surface area contributed by atoms with Crippen LogP contribution in [-0.2, 0) is 6.42 Å². The highest BCUT2D eigenvalue weighted by molar-refractivity contribution is 14.1. The second kappa shape index (κ2) is 8.83. The first-order valence-corrected chi connectivity index (χ1v) is 10.9. The first kappa shape index (κ1) is 23.6. The van der Waals surface area contributed by atoms with E-state index in [1.807, 2.05) is 36.4 Å². The van der Waals surface area contributed by atoms with E-state index in [2.05, 4.69) is 5.92 Å². The fourth-order valence-corrected chi connectivity index (χ4v) is 4.03. The Morgan fingerprint density at radius 3 is 2.52 bits per heavy atom. The summed E-state index contributed by atoms with van der Waals surface area (Å²) >= 11 is 1.95. The molecular weight excluding hydrogens is 518 g/mol. The number of hydrogen-bond donors (Lipinski definition) is 1. The highest BCUT2D eigenvalue weighted by atomic mass is 127. The van der Waals surface area contributed by atoms with Crippen LogP contribution in [0.5, 0.6) is 0 Å². The minimum Gasteiger partial charge on any atom is -0.386 e. The number of likely N-dealkylation sites (tertiary alicyclic amines) is 1. The summed E-state index contributed by atoms with van der Waals surface area (Å²) in [6.45, 7) is 3.94. The van der Waals surface area contributed by atoms with Gasteiger partial charge >= 0.3 is 0 Å². The molecule has 1 saturated heterocycles. The maximum atomic E-state index is 14.6. The van der Waals surface area contributed by atoms with E-state index in [-0.39, 0.29) is 41.6 Å². The van der Waals surface area contributed by atoms with Gasteiger partial charge in [-0.3, -0.25) is 4.79 Å². The van der Waals surface area contributed by atoms with Crippen molar-refractivity contribution in [1.82, 2.24) is 4.90 Å². The van der Waals surface area contributed by atoms with Crippen molar-refractivity contribution in [2.45, 2.75) is 38.7 Å². The largest absolute Gasteiger partial charge is 0.386 e. The molecule has 2 aromatic rings. The van der Waals surface area contributed by atoms with Crippen molar-refractivity contribution in [3.05, 3.63) is 68.0 Å². The molecule has 1 N–H and O–H groups in total. The number of halogens is 4. The lowest BCUT2D eigenvalue weighted by molar-refractivity contribution is -0.0896. The van der Waals surface area contributed by atoms with E-state index < -0.39 is 29.0 Å². The Hall–Kier alpha value is -2.05. The molecule has 0 aliphatic carbocycles. The summed E-state index contributed by atoms with van der Waals surface area (Å²) in [6.07, 6.45) is 6.23. The number of carbonyl (C=O) groups is 1. The molecule has 0 bridgehead atoms. The van der Waals surface area contributed by atoms with E-state index in [1.54, 1.807) is 6.07 Å². The van der Waals surface area contributed by atoms with Crippen molar-refractivity contribution in [2.24, 2.45) is 5.41 Å². The second-order valence-corrected chi connectivity index (χ2v) is 9.96. The molecule has 3 rings (SSSR count). The average molecular weight is 541 g/mol. The van der Waals surface area contributed by atoms with Crippen LogP contribution in [0.1, 0.15) is 48.2 Å². The molecule has 31 heavy (non-hydrogen) atoms. The van der Waals surface area contributed by atoms with Gasteiger partial charge in [0, 0.05) is 26.5 Å². The average Bonchev–Trinajstić information content (AvgIpc) is 2.69. The number of carbonyl (C=O) groups excluding carboxylic acids is 1. The predicted molar refractivity (Wildman–Crippen MR) is 121 cm³/mol. The lowest BCUT2D eigenvalue weighted by atomic mass is 9.80. The monoisotopic (exact) mass is 541 g/mol. The standard InChI is InChI=1S/C24H23F3INO2/c1-4-23(2,3)9-10-24(31)13-29(14-24)22(30)17-7-8-19(25)21(27)18(17)11-15-5-6-16(28)12-20(15)26/h1,5-8,12,31H,9-11,13-14H2,2-3H3. The molecule has 0 aromatic heterocycles. The van der Waals surface area contributed by atoms with E-state index in [0.29, 0.717) is 16.4 Å². The maximum Gasteiger partial charge on any atom is 0.254 e. The Labute approximate surface area is 193 Å². The fraction of sp³-hybridized carbons (Fsp3) is 0.375. The van der Waals surface area contributed by atoms with Gasteiger partial charge in [-0.1, -0.05) is 6.07 Å².